The van der Waals surface area contributed by atoms with Crippen molar-refractivity contribution in [3.8, 4) is 5.75 Å². The van der Waals surface area contributed by atoms with Crippen LogP contribution in [0.5, 0.6) is 5.75 Å². The first-order valence-corrected chi connectivity index (χ1v) is 8.21. The van der Waals surface area contributed by atoms with E-state index in [4.69, 9.17) is 10.5 Å². The molecule has 0 aliphatic heterocycles. The minimum absolute atomic E-state index is 0.0250. The zero-order valence-electron chi connectivity index (χ0n) is 13.6. The van der Waals surface area contributed by atoms with E-state index in [9.17, 15) is 4.79 Å². The van der Waals surface area contributed by atoms with Gasteiger partial charge in [0.15, 0.2) is 0 Å². The fourth-order valence-electron chi connectivity index (χ4n) is 3.36. The van der Waals surface area contributed by atoms with E-state index in [1.54, 1.807) is 7.11 Å². The van der Waals surface area contributed by atoms with Crippen molar-refractivity contribution in [2.24, 2.45) is 5.73 Å². The molecule has 1 aliphatic carbocycles. The van der Waals surface area contributed by atoms with Gasteiger partial charge in [0, 0.05) is 12.1 Å². The second kappa shape index (κ2) is 6.59. The highest BCUT2D eigenvalue weighted by atomic mass is 16.5. The maximum atomic E-state index is 12.3. The van der Waals surface area contributed by atoms with Gasteiger partial charge in [-0.3, -0.25) is 4.79 Å². The lowest BCUT2D eigenvalue weighted by atomic mass is 9.98. The van der Waals surface area contributed by atoms with Crippen LogP contribution in [-0.2, 0) is 11.2 Å². The molecule has 1 aliphatic rings. The summed E-state index contributed by atoms with van der Waals surface area (Å²) in [6.07, 6.45) is 4.68. The Morgan fingerprint density at radius 2 is 2.04 bits per heavy atom. The first kappa shape index (κ1) is 15.8. The number of methoxy groups -OCH3 is 1. The Hall–Kier alpha value is -2.07. The van der Waals surface area contributed by atoms with Gasteiger partial charge >= 0.3 is 0 Å². The van der Waals surface area contributed by atoms with Crippen LogP contribution < -0.4 is 15.8 Å². The maximum absolute atomic E-state index is 12.3. The zero-order valence-corrected chi connectivity index (χ0v) is 13.6. The number of carbonyl (C=O) groups excluding carboxylic acids is 1. The van der Waals surface area contributed by atoms with Crippen LogP contribution in [0.15, 0.2) is 36.4 Å². The van der Waals surface area contributed by atoms with Gasteiger partial charge in [0.1, 0.15) is 5.75 Å². The lowest BCUT2D eigenvalue weighted by Gasteiger charge is -2.23. The lowest BCUT2D eigenvalue weighted by molar-refractivity contribution is -0.120. The maximum Gasteiger partial charge on any atom is 0.224 e. The van der Waals surface area contributed by atoms with Crippen LogP contribution in [-0.4, -0.2) is 25.1 Å². The summed E-state index contributed by atoms with van der Waals surface area (Å²) in [7, 11) is 1.65. The van der Waals surface area contributed by atoms with Gasteiger partial charge in [-0.25, -0.2) is 0 Å². The van der Waals surface area contributed by atoms with E-state index < -0.39 is 0 Å². The molecule has 0 spiro atoms. The molecule has 1 amide bonds. The highest BCUT2D eigenvalue weighted by Crippen LogP contribution is 2.27. The number of ether oxygens (including phenoxy) is 1. The number of fused-ring (bicyclic) bond motifs is 1. The molecule has 0 bridgehead atoms. The number of nitrogens with one attached hydrogen (secondary N) is 1. The van der Waals surface area contributed by atoms with Gasteiger partial charge in [0.2, 0.25) is 5.91 Å². The molecule has 1 saturated carbocycles. The molecule has 0 aromatic heterocycles. The number of benzene rings is 2. The van der Waals surface area contributed by atoms with Crippen molar-refractivity contribution >= 4 is 16.7 Å². The third-order valence-corrected chi connectivity index (χ3v) is 4.77. The fraction of sp³-hybridized carbons (Fsp3) is 0.421. The van der Waals surface area contributed by atoms with Crippen LogP contribution >= 0.6 is 0 Å². The van der Waals surface area contributed by atoms with Gasteiger partial charge in [0.25, 0.3) is 0 Å². The molecule has 0 unspecified atom stereocenters. The summed E-state index contributed by atoms with van der Waals surface area (Å²) in [5.41, 5.74) is 7.10. The number of hydrogen-bond donors (Lipinski definition) is 2. The average Bonchev–Trinajstić information content (AvgIpc) is 3.00. The molecular weight excluding hydrogens is 288 g/mol. The normalized spacial score (nSPS) is 16.4. The lowest BCUT2D eigenvalue weighted by Crippen LogP contribution is -2.48. The van der Waals surface area contributed by atoms with Crippen LogP contribution in [0.1, 0.15) is 31.2 Å². The molecular formula is C19H24N2O2. The highest BCUT2D eigenvalue weighted by Gasteiger charge is 2.29. The number of amides is 1. The van der Waals surface area contributed by atoms with E-state index in [1.807, 2.05) is 36.4 Å². The molecule has 0 saturated heterocycles. The smallest absolute Gasteiger partial charge is 0.224 e. The molecule has 3 rings (SSSR count). The Balaban J connectivity index is 1.71. The van der Waals surface area contributed by atoms with Crippen molar-refractivity contribution in [1.29, 1.82) is 0 Å². The van der Waals surface area contributed by atoms with Crippen molar-refractivity contribution in [2.45, 2.75) is 37.6 Å². The van der Waals surface area contributed by atoms with Gasteiger partial charge in [-0.05, 0) is 41.3 Å². The largest absolute Gasteiger partial charge is 0.497 e. The molecule has 2 aromatic carbocycles. The summed E-state index contributed by atoms with van der Waals surface area (Å²) in [6.45, 7) is 0.569. The molecule has 0 radical (unpaired) electrons. The molecule has 4 heteroatoms. The second-order valence-electron chi connectivity index (χ2n) is 6.53. The first-order valence-electron chi connectivity index (χ1n) is 8.21. The van der Waals surface area contributed by atoms with Crippen molar-refractivity contribution < 1.29 is 9.53 Å². The van der Waals surface area contributed by atoms with E-state index in [2.05, 4.69) is 5.32 Å². The molecule has 1 fully saturated rings. The Kier molecular flexibility index (Phi) is 4.53. The Labute approximate surface area is 137 Å². The fourth-order valence-corrected chi connectivity index (χ4v) is 3.36. The van der Waals surface area contributed by atoms with Crippen LogP contribution in [0.3, 0.4) is 0 Å². The van der Waals surface area contributed by atoms with Crippen molar-refractivity contribution in [3.05, 3.63) is 42.0 Å². The van der Waals surface area contributed by atoms with Crippen LogP contribution in [0.2, 0.25) is 0 Å². The summed E-state index contributed by atoms with van der Waals surface area (Å²) < 4.78 is 5.29. The van der Waals surface area contributed by atoms with E-state index in [0.29, 0.717) is 13.0 Å². The molecule has 23 heavy (non-hydrogen) atoms. The van der Waals surface area contributed by atoms with Crippen LogP contribution in [0, 0.1) is 0 Å². The number of rotatable bonds is 5. The first-order chi connectivity index (χ1) is 11.1. The Morgan fingerprint density at radius 3 is 2.78 bits per heavy atom. The van der Waals surface area contributed by atoms with Gasteiger partial charge in [-0.2, -0.15) is 0 Å². The minimum Gasteiger partial charge on any atom is -0.497 e. The van der Waals surface area contributed by atoms with E-state index in [1.165, 1.54) is 0 Å². The molecule has 0 heterocycles. The number of hydrogen-bond acceptors (Lipinski definition) is 3. The number of carbonyl (C=O) groups is 1. The van der Waals surface area contributed by atoms with E-state index >= 15 is 0 Å². The average molecular weight is 312 g/mol. The summed E-state index contributed by atoms with van der Waals surface area (Å²) in [5.74, 6) is 0.828. The second-order valence-corrected chi connectivity index (χ2v) is 6.53. The van der Waals surface area contributed by atoms with Crippen molar-refractivity contribution in [2.75, 3.05) is 13.7 Å². The van der Waals surface area contributed by atoms with Gasteiger partial charge in [-0.1, -0.05) is 37.1 Å². The SMILES string of the molecule is COc1ccc2cccc(CC(=O)NCC3(N)CCCC3)c2c1. The topological polar surface area (TPSA) is 64.3 Å². The standard InChI is InChI=1S/C19H24N2O2/c1-23-16-8-7-14-5-4-6-15(17(14)12-16)11-18(22)21-13-19(20)9-2-3-10-19/h4-8,12H,2-3,9-11,13,20H2,1H3,(H,21,22). The Bertz CT molecular complexity index is 706. The van der Waals surface area contributed by atoms with Crippen LogP contribution in [0.4, 0.5) is 0 Å². The zero-order chi connectivity index (χ0) is 16.3. The van der Waals surface area contributed by atoms with E-state index in [-0.39, 0.29) is 11.4 Å². The third kappa shape index (κ3) is 3.64. The van der Waals surface area contributed by atoms with Gasteiger partial charge in [-0.15, -0.1) is 0 Å². The highest BCUT2D eigenvalue weighted by molar-refractivity contribution is 5.91. The molecule has 4 nitrogen and oxygen atoms in total. The molecule has 3 N–H and O–H groups in total. The van der Waals surface area contributed by atoms with Gasteiger partial charge in [0.05, 0.1) is 13.5 Å². The summed E-state index contributed by atoms with van der Waals surface area (Å²) in [5, 5.41) is 5.19. The molecule has 122 valence electrons. The van der Waals surface area contributed by atoms with Crippen molar-refractivity contribution in [1.82, 2.24) is 5.32 Å². The predicted molar refractivity (Wildman–Crippen MR) is 92.6 cm³/mol. The summed E-state index contributed by atoms with van der Waals surface area (Å²) in [6, 6.07) is 12.0. The molecule has 2 aromatic rings. The predicted octanol–water partition coefficient (Wildman–Crippen LogP) is 2.78. The monoisotopic (exact) mass is 312 g/mol. The quantitative estimate of drug-likeness (QED) is 0.892. The molecule has 0 atom stereocenters. The van der Waals surface area contributed by atoms with Crippen LogP contribution in [0.25, 0.3) is 10.8 Å². The minimum atomic E-state index is -0.211. The van der Waals surface area contributed by atoms with Crippen molar-refractivity contribution in [3.63, 3.8) is 0 Å². The van der Waals surface area contributed by atoms with Gasteiger partial charge < -0.3 is 15.8 Å². The Morgan fingerprint density at radius 1 is 1.26 bits per heavy atom. The number of nitrogens with two attached hydrogens (primary N) is 1. The van der Waals surface area contributed by atoms with E-state index in [0.717, 1.165) is 47.8 Å². The summed E-state index contributed by atoms with van der Waals surface area (Å²) in [4.78, 5) is 12.3. The summed E-state index contributed by atoms with van der Waals surface area (Å²) >= 11 is 0. The third-order valence-electron chi connectivity index (χ3n) is 4.77.